The van der Waals surface area contributed by atoms with Gasteiger partial charge in [0.05, 0.1) is 12.2 Å². The van der Waals surface area contributed by atoms with E-state index in [1.807, 2.05) is 43.9 Å². The Morgan fingerprint density at radius 3 is 2.86 bits per heavy atom. The summed E-state index contributed by atoms with van der Waals surface area (Å²) in [5.74, 6) is 2.12. The van der Waals surface area contributed by atoms with Crippen molar-refractivity contribution in [1.29, 1.82) is 0 Å². The van der Waals surface area contributed by atoms with Crippen LogP contribution in [0, 0.1) is 6.92 Å². The highest BCUT2D eigenvalue weighted by Crippen LogP contribution is 2.29. The lowest BCUT2D eigenvalue weighted by molar-refractivity contribution is 0.375. The molecule has 21 heavy (non-hydrogen) atoms. The third-order valence-corrected chi connectivity index (χ3v) is 4.61. The highest BCUT2D eigenvalue weighted by atomic mass is 127. The van der Waals surface area contributed by atoms with Gasteiger partial charge in [-0.2, -0.15) is 11.8 Å². The van der Waals surface area contributed by atoms with E-state index in [9.17, 15) is 0 Å². The van der Waals surface area contributed by atoms with Crippen molar-refractivity contribution >= 4 is 41.7 Å². The number of nitrogens with one attached hydrogen (secondary N) is 1. The van der Waals surface area contributed by atoms with Gasteiger partial charge in [-0.1, -0.05) is 6.07 Å². The minimum Gasteiger partial charge on any atom is -0.351 e. The van der Waals surface area contributed by atoms with Crippen molar-refractivity contribution < 1.29 is 0 Å². The first-order valence-electron chi connectivity index (χ1n) is 7.02. The summed E-state index contributed by atoms with van der Waals surface area (Å²) in [5, 5.41) is 3.42. The molecule has 0 unspecified atom stereocenters. The number of hydrogen-bond acceptors (Lipinski definition) is 3. The Bertz CT molecular complexity index is 490. The summed E-state index contributed by atoms with van der Waals surface area (Å²) >= 11 is 2.03. The van der Waals surface area contributed by atoms with Crippen LogP contribution in [0.5, 0.6) is 0 Å². The van der Waals surface area contributed by atoms with Gasteiger partial charge in [-0.3, -0.25) is 9.98 Å². The number of aryl methyl sites for hydroxylation is 1. The van der Waals surface area contributed by atoms with E-state index in [4.69, 9.17) is 0 Å². The normalized spacial score (nSPS) is 18.1. The second kappa shape index (κ2) is 8.22. The number of rotatable bonds is 2. The lowest BCUT2D eigenvalue weighted by atomic mass is 10.2. The fraction of sp³-hybridized carbons (Fsp3) is 0.600. The van der Waals surface area contributed by atoms with Crippen LogP contribution in [0.2, 0.25) is 0 Å². The van der Waals surface area contributed by atoms with Gasteiger partial charge in [0.2, 0.25) is 0 Å². The topological polar surface area (TPSA) is 40.5 Å². The maximum absolute atomic E-state index is 4.51. The van der Waals surface area contributed by atoms with E-state index in [1.54, 1.807) is 0 Å². The number of guanidine groups is 1. The summed E-state index contributed by atoms with van der Waals surface area (Å²) in [6.45, 7) is 9.40. The minimum atomic E-state index is 0. The first-order valence-corrected chi connectivity index (χ1v) is 8.01. The summed E-state index contributed by atoms with van der Waals surface area (Å²) in [4.78, 5) is 11.3. The van der Waals surface area contributed by atoms with Crippen LogP contribution in [0.4, 0.5) is 0 Å². The van der Waals surface area contributed by atoms with Crippen molar-refractivity contribution in [1.82, 2.24) is 15.2 Å². The molecule has 1 aliphatic heterocycles. The van der Waals surface area contributed by atoms with E-state index in [0.717, 1.165) is 42.7 Å². The Balaban J connectivity index is 0.00000220. The molecule has 0 bridgehead atoms. The summed E-state index contributed by atoms with van der Waals surface area (Å²) < 4.78 is 0.289. The third-order valence-electron chi connectivity index (χ3n) is 3.31. The molecule has 1 N–H and O–H groups in total. The van der Waals surface area contributed by atoms with Crippen LogP contribution in [0.3, 0.4) is 0 Å². The number of pyridine rings is 1. The number of nitrogens with zero attached hydrogens (tertiary/aromatic N) is 3. The Morgan fingerprint density at radius 2 is 2.24 bits per heavy atom. The predicted octanol–water partition coefficient (Wildman–Crippen LogP) is 2.91. The molecule has 0 atom stereocenters. The third kappa shape index (κ3) is 5.65. The first-order chi connectivity index (χ1) is 9.50. The highest BCUT2D eigenvalue weighted by molar-refractivity contribution is 14.0. The fourth-order valence-electron chi connectivity index (χ4n) is 2.40. The number of aromatic nitrogens is 1. The van der Waals surface area contributed by atoms with Crippen molar-refractivity contribution in [3.63, 3.8) is 0 Å². The van der Waals surface area contributed by atoms with Crippen molar-refractivity contribution in [2.45, 2.75) is 32.1 Å². The van der Waals surface area contributed by atoms with E-state index >= 15 is 0 Å². The Morgan fingerprint density at radius 1 is 1.48 bits per heavy atom. The molecule has 0 spiro atoms. The smallest absolute Gasteiger partial charge is 0.194 e. The second-order valence-corrected chi connectivity index (χ2v) is 7.50. The lowest BCUT2D eigenvalue weighted by Gasteiger charge is -2.39. The summed E-state index contributed by atoms with van der Waals surface area (Å²) in [6.07, 6.45) is 0. The first kappa shape index (κ1) is 18.5. The van der Waals surface area contributed by atoms with Crippen LogP contribution in [0.1, 0.15) is 25.2 Å². The average Bonchev–Trinajstić information content (AvgIpc) is 2.38. The maximum Gasteiger partial charge on any atom is 0.194 e. The Kier molecular flexibility index (Phi) is 7.26. The maximum atomic E-state index is 4.51. The van der Waals surface area contributed by atoms with Crippen molar-refractivity contribution in [3.8, 4) is 0 Å². The summed E-state index contributed by atoms with van der Waals surface area (Å²) in [6, 6.07) is 6.11. The molecule has 0 amide bonds. The number of hydrogen-bond donors (Lipinski definition) is 1. The summed E-state index contributed by atoms with van der Waals surface area (Å²) in [7, 11) is 1.85. The van der Waals surface area contributed by atoms with Crippen molar-refractivity contribution in [2.24, 2.45) is 4.99 Å². The van der Waals surface area contributed by atoms with Crippen molar-refractivity contribution in [3.05, 3.63) is 29.6 Å². The van der Waals surface area contributed by atoms with Gasteiger partial charge in [0.25, 0.3) is 0 Å². The van der Waals surface area contributed by atoms with Gasteiger partial charge in [0.15, 0.2) is 5.96 Å². The van der Waals surface area contributed by atoms with E-state index in [0.29, 0.717) is 0 Å². The molecule has 6 heteroatoms. The van der Waals surface area contributed by atoms with Gasteiger partial charge in [0, 0.05) is 36.3 Å². The van der Waals surface area contributed by atoms with Gasteiger partial charge < -0.3 is 10.2 Å². The number of aliphatic imine (C=N–C) groups is 1. The monoisotopic (exact) mass is 420 g/mol. The second-order valence-electron chi connectivity index (χ2n) is 5.70. The van der Waals surface area contributed by atoms with Crippen LogP contribution in [0.15, 0.2) is 23.2 Å². The largest absolute Gasteiger partial charge is 0.351 e. The van der Waals surface area contributed by atoms with Gasteiger partial charge in [0.1, 0.15) is 0 Å². The molecule has 2 rings (SSSR count). The molecule has 1 aromatic rings. The molecule has 118 valence electrons. The van der Waals surface area contributed by atoms with Crippen LogP contribution < -0.4 is 5.32 Å². The van der Waals surface area contributed by atoms with Crippen molar-refractivity contribution in [2.75, 3.05) is 25.9 Å². The highest BCUT2D eigenvalue weighted by Gasteiger charge is 2.28. The van der Waals surface area contributed by atoms with Gasteiger partial charge >= 0.3 is 0 Å². The number of halogens is 1. The zero-order valence-electron chi connectivity index (χ0n) is 13.2. The van der Waals surface area contributed by atoms with Gasteiger partial charge in [-0.15, -0.1) is 24.0 Å². The zero-order valence-corrected chi connectivity index (χ0v) is 16.4. The molecular formula is C15H25IN4S. The van der Waals surface area contributed by atoms with Gasteiger partial charge in [-0.05, 0) is 32.9 Å². The quantitative estimate of drug-likeness (QED) is 0.454. The molecule has 0 aliphatic carbocycles. The molecule has 4 nitrogen and oxygen atoms in total. The van der Waals surface area contributed by atoms with Crippen LogP contribution in [0.25, 0.3) is 0 Å². The Labute approximate surface area is 149 Å². The fourth-order valence-corrected chi connectivity index (χ4v) is 3.51. The van der Waals surface area contributed by atoms with Crippen LogP contribution in [-0.4, -0.2) is 46.5 Å². The molecule has 0 aromatic carbocycles. The molecule has 2 heterocycles. The molecule has 1 aromatic heterocycles. The van der Waals surface area contributed by atoms with E-state index in [-0.39, 0.29) is 28.7 Å². The molecule has 0 saturated carbocycles. The molecule has 1 saturated heterocycles. The SMILES string of the molecule is CN=C(NCc1cccc(C)n1)N1CCSC(C)(C)C1.I. The molecule has 1 aliphatic rings. The molecular weight excluding hydrogens is 395 g/mol. The zero-order chi connectivity index (χ0) is 14.6. The standard InChI is InChI=1S/C15H24N4S.HI/c1-12-6-5-7-13(18-12)10-17-14(16-4)19-8-9-20-15(2,3)11-19;/h5-7H,8-11H2,1-4H3,(H,16,17);1H. The summed E-state index contributed by atoms with van der Waals surface area (Å²) in [5.41, 5.74) is 2.10. The van der Waals surface area contributed by atoms with E-state index in [2.05, 4.69) is 34.0 Å². The van der Waals surface area contributed by atoms with Crippen LogP contribution >= 0.6 is 35.7 Å². The van der Waals surface area contributed by atoms with Gasteiger partial charge in [-0.25, -0.2) is 0 Å². The van der Waals surface area contributed by atoms with E-state index < -0.39 is 0 Å². The predicted molar refractivity (Wildman–Crippen MR) is 103 cm³/mol. The average molecular weight is 420 g/mol. The molecule has 1 fully saturated rings. The van der Waals surface area contributed by atoms with E-state index in [1.165, 1.54) is 0 Å². The minimum absolute atomic E-state index is 0. The molecule has 0 radical (unpaired) electrons. The Hall–Kier alpha value is -0.500. The lowest BCUT2D eigenvalue weighted by Crippen LogP contribution is -2.50. The van der Waals surface area contributed by atoms with Crippen LogP contribution in [-0.2, 0) is 6.54 Å². The number of thioether (sulfide) groups is 1.